The third-order valence-electron chi connectivity index (χ3n) is 9.97. The van der Waals surface area contributed by atoms with E-state index in [1.807, 2.05) is 91.9 Å². The molecule has 0 unspecified atom stereocenters. The van der Waals surface area contributed by atoms with Crippen LogP contribution in [-0.4, -0.2) is 36.8 Å². The van der Waals surface area contributed by atoms with Crippen molar-refractivity contribution in [1.82, 2.24) is 0 Å². The van der Waals surface area contributed by atoms with Gasteiger partial charge in [0.25, 0.3) is 0 Å². The maximum atomic E-state index is 15.0. The van der Waals surface area contributed by atoms with Gasteiger partial charge in [-0.25, -0.2) is 4.39 Å². The zero-order valence-electron chi connectivity index (χ0n) is 32.1. The van der Waals surface area contributed by atoms with Gasteiger partial charge in [-0.05, 0) is 70.5 Å². The number of hydrogen-bond donors (Lipinski definition) is 0. The summed E-state index contributed by atoms with van der Waals surface area (Å²) >= 11 is 8.67. The van der Waals surface area contributed by atoms with Gasteiger partial charge < -0.3 is 23.7 Å². The van der Waals surface area contributed by atoms with Crippen LogP contribution in [0.4, 0.5) is 4.39 Å². The van der Waals surface area contributed by atoms with Crippen molar-refractivity contribution in [2.75, 3.05) is 13.2 Å². The van der Waals surface area contributed by atoms with Crippen molar-refractivity contribution in [1.29, 1.82) is 0 Å². The van der Waals surface area contributed by atoms with Gasteiger partial charge in [-0.1, -0.05) is 151 Å². The van der Waals surface area contributed by atoms with Gasteiger partial charge in [0.05, 0.1) is 50.1 Å². The average molecular weight is 803 g/mol. The Morgan fingerprint density at radius 3 is 1.63 bits per heavy atom. The summed E-state index contributed by atoms with van der Waals surface area (Å²) in [5.74, 6) is -0.152. The molecule has 1 saturated heterocycles. The molecule has 0 radical (unpaired) electrons. The first-order valence-electron chi connectivity index (χ1n) is 19.5. The highest BCUT2D eigenvalue weighted by molar-refractivity contribution is 8.00. The van der Waals surface area contributed by atoms with Crippen molar-refractivity contribution >= 4 is 23.4 Å². The Labute approximate surface area is 345 Å². The third-order valence-corrected chi connectivity index (χ3v) is 11.9. The van der Waals surface area contributed by atoms with Gasteiger partial charge in [0, 0.05) is 5.02 Å². The monoisotopic (exact) mass is 802 g/mol. The molecule has 7 rings (SSSR count). The molecule has 5 nitrogen and oxygen atoms in total. The molecule has 1 aliphatic heterocycles. The average Bonchev–Trinajstić information content (AvgIpc) is 3.25. The summed E-state index contributed by atoms with van der Waals surface area (Å²) in [7, 11) is 0. The Balaban J connectivity index is 1.26. The van der Waals surface area contributed by atoms with E-state index >= 15 is 0 Å². The predicted molar refractivity (Wildman–Crippen MR) is 227 cm³/mol. The number of thioether (sulfide) groups is 1. The summed E-state index contributed by atoms with van der Waals surface area (Å²) in [6.07, 6.45) is -0.843. The number of halogens is 2. The molecule has 6 aromatic carbocycles. The minimum atomic E-state index is -0.478. The van der Waals surface area contributed by atoms with Gasteiger partial charge in [-0.3, -0.25) is 0 Å². The van der Waals surface area contributed by atoms with Crippen molar-refractivity contribution in [2.24, 2.45) is 0 Å². The summed E-state index contributed by atoms with van der Waals surface area (Å²) in [5, 5.41) is 0.294. The van der Waals surface area contributed by atoms with E-state index in [0.29, 0.717) is 51.1 Å². The Morgan fingerprint density at radius 1 is 0.561 bits per heavy atom. The topological polar surface area (TPSA) is 46.2 Å². The van der Waals surface area contributed by atoms with Crippen molar-refractivity contribution in [3.63, 3.8) is 0 Å². The second-order valence-corrected chi connectivity index (χ2v) is 15.9. The number of ether oxygens (including phenoxy) is 5. The molecule has 0 bridgehead atoms. The van der Waals surface area contributed by atoms with Crippen LogP contribution in [-0.2, 0) is 51.8 Å². The van der Waals surface area contributed by atoms with Crippen molar-refractivity contribution in [3.8, 4) is 5.75 Å². The van der Waals surface area contributed by atoms with Gasteiger partial charge in [0.15, 0.2) is 11.6 Å². The third kappa shape index (κ3) is 11.4. The fourth-order valence-corrected chi connectivity index (χ4v) is 8.93. The maximum absolute atomic E-state index is 15.0. The first kappa shape index (κ1) is 40.7. The van der Waals surface area contributed by atoms with E-state index in [9.17, 15) is 4.39 Å². The molecule has 0 N–H and O–H groups in total. The van der Waals surface area contributed by atoms with E-state index in [1.54, 1.807) is 17.8 Å². The van der Waals surface area contributed by atoms with E-state index in [0.717, 1.165) is 38.9 Å². The number of rotatable bonds is 18. The lowest BCUT2D eigenvalue weighted by Crippen LogP contribution is -2.54. The molecule has 294 valence electrons. The van der Waals surface area contributed by atoms with Gasteiger partial charge >= 0.3 is 0 Å². The molecule has 1 heterocycles. The van der Waals surface area contributed by atoms with Crippen LogP contribution in [0.25, 0.3) is 0 Å². The number of hydrogen-bond acceptors (Lipinski definition) is 6. The molecular formula is C49H48ClFO5S. The first-order chi connectivity index (χ1) is 28.0. The zero-order chi connectivity index (χ0) is 39.2. The molecule has 0 aliphatic carbocycles. The molecule has 1 fully saturated rings. The van der Waals surface area contributed by atoms with Crippen LogP contribution in [0, 0.1) is 5.82 Å². The van der Waals surface area contributed by atoms with Gasteiger partial charge in [-0.2, -0.15) is 0 Å². The lowest BCUT2D eigenvalue weighted by Gasteiger charge is -2.46. The Bertz CT molecular complexity index is 2110. The van der Waals surface area contributed by atoms with Crippen LogP contribution in [0.5, 0.6) is 5.75 Å². The smallest absolute Gasteiger partial charge is 0.165 e. The van der Waals surface area contributed by atoms with Crippen LogP contribution >= 0.6 is 23.4 Å². The van der Waals surface area contributed by atoms with E-state index in [1.165, 1.54) is 6.07 Å². The van der Waals surface area contributed by atoms with Gasteiger partial charge in [-0.15, -0.1) is 11.8 Å². The molecule has 1 aliphatic rings. The standard InChI is InChI=1S/C49H48ClFO5S/c1-2-53-44-26-23-39(28-43(44)51)27-41-29-40(24-25-42(41)50)49-48(56-33-38-21-13-6-14-22-38)47(55-32-37-19-11-5-12-20-37)46(54-31-36-17-9-4-10-18-36)45(57-49)34-52-30-35-15-7-3-8-16-35/h3-26,28-29,45-49H,2,27,30-34H2,1H3/t45-,46-,47+,48-,49+/m1/s1. The highest BCUT2D eigenvalue weighted by Gasteiger charge is 2.48. The van der Waals surface area contributed by atoms with Crippen LogP contribution in [0.2, 0.25) is 5.02 Å². The fourth-order valence-electron chi connectivity index (χ4n) is 7.11. The Hall–Kier alpha value is -4.47. The minimum absolute atomic E-state index is 0.126. The summed E-state index contributed by atoms with van der Waals surface area (Å²) in [4.78, 5) is 0. The first-order valence-corrected chi connectivity index (χ1v) is 20.8. The lowest BCUT2D eigenvalue weighted by atomic mass is 9.94. The van der Waals surface area contributed by atoms with Gasteiger partial charge in [0.1, 0.15) is 18.3 Å². The van der Waals surface area contributed by atoms with E-state index in [2.05, 4.69) is 60.7 Å². The summed E-state index contributed by atoms with van der Waals surface area (Å²) < 4.78 is 47.9. The highest BCUT2D eigenvalue weighted by atomic mass is 35.5. The second-order valence-electron chi connectivity index (χ2n) is 14.1. The molecule has 0 saturated carbocycles. The fraction of sp³-hybridized carbons (Fsp3) is 0.265. The predicted octanol–water partition coefficient (Wildman–Crippen LogP) is 11.6. The quantitative estimate of drug-likeness (QED) is 0.0862. The van der Waals surface area contributed by atoms with Gasteiger partial charge in [0.2, 0.25) is 0 Å². The molecule has 0 spiro atoms. The van der Waals surface area contributed by atoms with Crippen LogP contribution in [0.1, 0.15) is 51.1 Å². The zero-order valence-corrected chi connectivity index (χ0v) is 33.6. The van der Waals surface area contributed by atoms with E-state index in [4.69, 9.17) is 35.3 Å². The lowest BCUT2D eigenvalue weighted by molar-refractivity contribution is -0.160. The minimum Gasteiger partial charge on any atom is -0.491 e. The van der Waals surface area contributed by atoms with Crippen LogP contribution in [0.15, 0.2) is 158 Å². The molecule has 5 atom stereocenters. The maximum Gasteiger partial charge on any atom is 0.165 e. The SMILES string of the molecule is CCOc1ccc(Cc2cc([C@@H]3S[C@H](COCc4ccccc4)[C@@H](OCc4ccccc4)[C@H](OCc4ccccc4)[C@H]3OCc3ccccc3)ccc2Cl)cc1F. The Kier molecular flexibility index (Phi) is 14.9. The largest absolute Gasteiger partial charge is 0.491 e. The molecular weight excluding hydrogens is 755 g/mol. The van der Waals surface area contributed by atoms with Crippen molar-refractivity contribution in [3.05, 3.63) is 208 Å². The van der Waals surface area contributed by atoms with Crippen molar-refractivity contribution in [2.45, 2.75) is 68.6 Å². The van der Waals surface area contributed by atoms with Crippen molar-refractivity contribution < 1.29 is 28.1 Å². The highest BCUT2D eigenvalue weighted by Crippen LogP contribution is 2.48. The molecule has 6 aromatic rings. The molecule has 8 heteroatoms. The Morgan fingerprint density at radius 2 is 1.09 bits per heavy atom. The normalized spacial score (nSPS) is 19.3. The van der Waals surface area contributed by atoms with E-state index < -0.39 is 18.0 Å². The summed E-state index contributed by atoms with van der Waals surface area (Å²) in [6.45, 7) is 4.31. The molecule has 0 amide bonds. The molecule has 57 heavy (non-hydrogen) atoms. The second kappa shape index (κ2) is 20.8. The summed E-state index contributed by atoms with van der Waals surface area (Å²) in [5.41, 5.74) is 7.02. The summed E-state index contributed by atoms with van der Waals surface area (Å²) in [6, 6.07) is 52.1. The molecule has 0 aromatic heterocycles. The number of benzene rings is 6. The van der Waals surface area contributed by atoms with Crippen LogP contribution in [0.3, 0.4) is 0 Å². The van der Waals surface area contributed by atoms with E-state index in [-0.39, 0.29) is 22.4 Å². The van der Waals surface area contributed by atoms with Crippen LogP contribution < -0.4 is 4.74 Å².